The standard InChI is InChI=1S/C15H18FN3/c1-9-17-15-13(16)3-2-4-14(15)19(9)12-7-10-5-6-11(8-12)18-10/h2-4,10-12,18H,5-8H2,1H3/t10-,11+,12+. The molecule has 2 saturated heterocycles. The maximum Gasteiger partial charge on any atom is 0.151 e. The molecule has 0 amide bonds. The van der Waals surface area contributed by atoms with Crippen molar-refractivity contribution in [3.8, 4) is 0 Å². The summed E-state index contributed by atoms with van der Waals surface area (Å²) >= 11 is 0. The van der Waals surface area contributed by atoms with Crippen molar-refractivity contribution in [2.75, 3.05) is 0 Å². The molecule has 3 heterocycles. The minimum atomic E-state index is -0.212. The summed E-state index contributed by atoms with van der Waals surface area (Å²) in [7, 11) is 0. The molecule has 2 aliphatic heterocycles. The Kier molecular flexibility index (Phi) is 2.42. The van der Waals surface area contributed by atoms with Gasteiger partial charge in [-0.3, -0.25) is 0 Å². The third kappa shape index (κ3) is 1.70. The number of benzene rings is 1. The van der Waals surface area contributed by atoms with Crippen molar-refractivity contribution in [2.24, 2.45) is 0 Å². The van der Waals surface area contributed by atoms with Crippen LogP contribution in [0.2, 0.25) is 0 Å². The van der Waals surface area contributed by atoms with Crippen molar-refractivity contribution in [3.63, 3.8) is 0 Å². The normalized spacial score (nSPS) is 30.1. The summed E-state index contributed by atoms with van der Waals surface area (Å²) in [6.07, 6.45) is 4.83. The monoisotopic (exact) mass is 259 g/mol. The number of piperidine rings is 1. The smallest absolute Gasteiger partial charge is 0.151 e. The minimum Gasteiger partial charge on any atom is -0.325 e. The van der Waals surface area contributed by atoms with E-state index in [1.54, 1.807) is 6.07 Å². The van der Waals surface area contributed by atoms with Gasteiger partial charge in [0.2, 0.25) is 0 Å². The SMILES string of the molecule is Cc1nc2c(F)cccc2n1[C@H]1C[C@H]2CC[C@@H](C1)N2. The molecule has 1 aromatic heterocycles. The van der Waals surface area contributed by atoms with Gasteiger partial charge in [-0.05, 0) is 44.7 Å². The first-order valence-corrected chi connectivity index (χ1v) is 7.11. The van der Waals surface area contributed by atoms with Gasteiger partial charge in [0, 0.05) is 18.1 Å². The molecule has 0 radical (unpaired) electrons. The van der Waals surface area contributed by atoms with Crippen molar-refractivity contribution in [3.05, 3.63) is 29.8 Å². The number of nitrogens with zero attached hydrogens (tertiary/aromatic N) is 2. The first-order chi connectivity index (χ1) is 9.22. The Morgan fingerprint density at radius 1 is 1.26 bits per heavy atom. The van der Waals surface area contributed by atoms with E-state index in [1.165, 1.54) is 18.9 Å². The van der Waals surface area contributed by atoms with E-state index in [4.69, 9.17) is 0 Å². The fourth-order valence-electron chi connectivity index (χ4n) is 3.90. The summed E-state index contributed by atoms with van der Waals surface area (Å²) in [5.74, 6) is 0.725. The summed E-state index contributed by atoms with van der Waals surface area (Å²) < 4.78 is 16.1. The van der Waals surface area contributed by atoms with Crippen LogP contribution in [0.3, 0.4) is 0 Å². The van der Waals surface area contributed by atoms with Gasteiger partial charge < -0.3 is 9.88 Å². The highest BCUT2D eigenvalue weighted by molar-refractivity contribution is 5.76. The molecule has 1 aromatic carbocycles. The molecule has 2 bridgehead atoms. The highest BCUT2D eigenvalue weighted by Gasteiger charge is 2.35. The molecule has 0 saturated carbocycles. The number of fused-ring (bicyclic) bond motifs is 3. The average molecular weight is 259 g/mol. The van der Waals surface area contributed by atoms with Gasteiger partial charge in [-0.25, -0.2) is 9.37 Å². The van der Waals surface area contributed by atoms with Crippen LogP contribution in [0.5, 0.6) is 0 Å². The van der Waals surface area contributed by atoms with Crippen molar-refractivity contribution in [1.82, 2.24) is 14.9 Å². The molecule has 0 aliphatic carbocycles. The summed E-state index contributed by atoms with van der Waals surface area (Å²) in [4.78, 5) is 4.43. The Labute approximate surface area is 111 Å². The molecule has 0 spiro atoms. The molecule has 3 atom stereocenters. The number of hydrogen-bond donors (Lipinski definition) is 1. The number of aryl methyl sites for hydroxylation is 1. The van der Waals surface area contributed by atoms with E-state index in [0.717, 1.165) is 24.2 Å². The second-order valence-electron chi connectivity index (χ2n) is 5.90. The van der Waals surface area contributed by atoms with Gasteiger partial charge in [-0.2, -0.15) is 0 Å². The molecule has 2 aromatic rings. The first kappa shape index (κ1) is 11.4. The average Bonchev–Trinajstić information content (AvgIpc) is 2.90. The van der Waals surface area contributed by atoms with E-state index in [9.17, 15) is 4.39 Å². The maximum atomic E-state index is 13.8. The molecule has 100 valence electrons. The Morgan fingerprint density at radius 2 is 2.00 bits per heavy atom. The quantitative estimate of drug-likeness (QED) is 0.853. The van der Waals surface area contributed by atoms with Crippen molar-refractivity contribution < 1.29 is 4.39 Å². The Morgan fingerprint density at radius 3 is 2.74 bits per heavy atom. The minimum absolute atomic E-state index is 0.212. The lowest BCUT2D eigenvalue weighted by atomic mass is 9.99. The third-order valence-corrected chi connectivity index (χ3v) is 4.66. The topological polar surface area (TPSA) is 29.9 Å². The molecule has 4 heteroatoms. The van der Waals surface area contributed by atoms with Crippen LogP contribution in [0, 0.1) is 12.7 Å². The summed E-state index contributed by atoms with van der Waals surface area (Å²) in [6, 6.07) is 6.99. The van der Waals surface area contributed by atoms with Crippen LogP contribution in [0.1, 0.15) is 37.5 Å². The molecule has 2 aliphatic rings. The van der Waals surface area contributed by atoms with Crippen LogP contribution in [0.15, 0.2) is 18.2 Å². The lowest BCUT2D eigenvalue weighted by molar-refractivity contribution is 0.300. The first-order valence-electron chi connectivity index (χ1n) is 7.11. The number of aromatic nitrogens is 2. The zero-order valence-electron chi connectivity index (χ0n) is 11.1. The lowest BCUT2D eigenvalue weighted by Gasteiger charge is -2.31. The molecule has 1 N–H and O–H groups in total. The second kappa shape index (κ2) is 4.04. The zero-order valence-corrected chi connectivity index (χ0v) is 11.1. The van der Waals surface area contributed by atoms with Gasteiger partial charge in [0.1, 0.15) is 11.3 Å². The summed E-state index contributed by atoms with van der Waals surface area (Å²) in [6.45, 7) is 1.99. The Balaban J connectivity index is 1.82. The van der Waals surface area contributed by atoms with Crippen LogP contribution in [0.25, 0.3) is 11.0 Å². The molecule has 0 unspecified atom stereocenters. The van der Waals surface area contributed by atoms with E-state index in [2.05, 4.69) is 14.9 Å². The lowest BCUT2D eigenvalue weighted by Crippen LogP contribution is -2.39. The largest absolute Gasteiger partial charge is 0.325 e. The highest BCUT2D eigenvalue weighted by Crippen LogP contribution is 2.36. The summed E-state index contributed by atoms with van der Waals surface area (Å²) in [5.41, 5.74) is 1.47. The molecular weight excluding hydrogens is 241 g/mol. The number of hydrogen-bond acceptors (Lipinski definition) is 2. The molecule has 3 nitrogen and oxygen atoms in total. The van der Waals surface area contributed by atoms with E-state index in [1.807, 2.05) is 13.0 Å². The zero-order chi connectivity index (χ0) is 13.0. The predicted molar refractivity (Wildman–Crippen MR) is 72.6 cm³/mol. The molecule has 4 rings (SSSR count). The van der Waals surface area contributed by atoms with Crippen LogP contribution in [-0.2, 0) is 0 Å². The third-order valence-electron chi connectivity index (χ3n) is 4.66. The van der Waals surface area contributed by atoms with Crippen LogP contribution in [0.4, 0.5) is 4.39 Å². The van der Waals surface area contributed by atoms with E-state index >= 15 is 0 Å². The second-order valence-corrected chi connectivity index (χ2v) is 5.90. The van der Waals surface area contributed by atoms with E-state index in [0.29, 0.717) is 23.6 Å². The highest BCUT2D eigenvalue weighted by atomic mass is 19.1. The summed E-state index contributed by atoms with van der Waals surface area (Å²) in [5, 5.41) is 3.65. The molecular formula is C15H18FN3. The van der Waals surface area contributed by atoms with Crippen molar-refractivity contribution in [1.29, 1.82) is 0 Å². The number of nitrogens with one attached hydrogen (secondary N) is 1. The van der Waals surface area contributed by atoms with Gasteiger partial charge in [-0.15, -0.1) is 0 Å². The van der Waals surface area contributed by atoms with Crippen molar-refractivity contribution in [2.45, 2.75) is 50.7 Å². The molecule has 19 heavy (non-hydrogen) atoms. The number of rotatable bonds is 1. The van der Waals surface area contributed by atoms with E-state index in [-0.39, 0.29) is 5.82 Å². The van der Waals surface area contributed by atoms with Crippen LogP contribution in [-0.4, -0.2) is 21.6 Å². The van der Waals surface area contributed by atoms with Gasteiger partial charge in [-0.1, -0.05) is 6.07 Å². The number of imidazole rings is 1. The fourth-order valence-corrected chi connectivity index (χ4v) is 3.90. The van der Waals surface area contributed by atoms with Gasteiger partial charge in [0.15, 0.2) is 5.82 Å². The van der Waals surface area contributed by atoms with Crippen LogP contribution < -0.4 is 5.32 Å². The Hall–Kier alpha value is -1.42. The van der Waals surface area contributed by atoms with Crippen molar-refractivity contribution >= 4 is 11.0 Å². The Bertz CT molecular complexity index is 622. The maximum absolute atomic E-state index is 13.8. The van der Waals surface area contributed by atoms with Crippen LogP contribution >= 0.6 is 0 Å². The van der Waals surface area contributed by atoms with Gasteiger partial charge >= 0.3 is 0 Å². The predicted octanol–water partition coefficient (Wildman–Crippen LogP) is 2.94. The molecule has 2 fully saturated rings. The fraction of sp³-hybridized carbons (Fsp3) is 0.533. The number of para-hydroxylation sites is 1. The van der Waals surface area contributed by atoms with Gasteiger partial charge in [0.05, 0.1) is 5.52 Å². The van der Waals surface area contributed by atoms with Gasteiger partial charge in [0.25, 0.3) is 0 Å². The number of halogens is 1. The van der Waals surface area contributed by atoms with E-state index < -0.39 is 0 Å².